The molecule has 1 unspecified atom stereocenters. The van der Waals surface area contributed by atoms with E-state index in [9.17, 15) is 4.79 Å². The Bertz CT molecular complexity index is 498. The molecule has 140 valence electrons. The molecule has 0 aliphatic carbocycles. The lowest BCUT2D eigenvalue weighted by Crippen LogP contribution is -2.37. The van der Waals surface area contributed by atoms with Crippen molar-refractivity contribution in [3.8, 4) is 5.75 Å². The van der Waals surface area contributed by atoms with Gasteiger partial charge in [0.15, 0.2) is 0 Å². The van der Waals surface area contributed by atoms with E-state index in [-0.39, 0.29) is 6.10 Å². The molecule has 1 aliphatic heterocycles. The second kappa shape index (κ2) is 11.0. The first kappa shape index (κ1) is 19.6. The molecule has 1 amide bonds. The predicted octanol–water partition coefficient (Wildman–Crippen LogP) is 4.68. The molecule has 5 nitrogen and oxygen atoms in total. The first-order valence-electron chi connectivity index (χ1n) is 9.60. The van der Waals surface area contributed by atoms with E-state index >= 15 is 0 Å². The molecule has 0 spiro atoms. The van der Waals surface area contributed by atoms with E-state index in [0.717, 1.165) is 44.1 Å². The van der Waals surface area contributed by atoms with Gasteiger partial charge in [0, 0.05) is 12.2 Å². The van der Waals surface area contributed by atoms with Crippen LogP contribution in [-0.2, 0) is 4.74 Å². The molecule has 1 atom stereocenters. The fourth-order valence-corrected chi connectivity index (χ4v) is 3.05. The number of rotatable bonds is 9. The monoisotopic (exact) mass is 348 g/mol. The first-order chi connectivity index (χ1) is 12.2. The number of hydrogen-bond donors (Lipinski definition) is 1. The number of unbranched alkanes of at least 4 members (excludes halogenated alkanes) is 2. The van der Waals surface area contributed by atoms with Crippen LogP contribution in [0.2, 0.25) is 0 Å². The molecule has 1 aromatic carbocycles. The van der Waals surface area contributed by atoms with Crippen LogP contribution in [0.25, 0.3) is 0 Å². The summed E-state index contributed by atoms with van der Waals surface area (Å²) in [6.45, 7) is 7.87. The summed E-state index contributed by atoms with van der Waals surface area (Å²) in [5.74, 6) is 0.827. The zero-order chi connectivity index (χ0) is 17.9. The molecule has 0 radical (unpaired) electrons. The summed E-state index contributed by atoms with van der Waals surface area (Å²) < 4.78 is 11.1. The largest absolute Gasteiger partial charge is 0.494 e. The van der Waals surface area contributed by atoms with E-state index < -0.39 is 6.09 Å². The molecule has 0 saturated carbocycles. The normalized spacial score (nSPS) is 16.2. The molecule has 1 saturated heterocycles. The number of anilines is 1. The Morgan fingerprint density at radius 3 is 2.56 bits per heavy atom. The average molecular weight is 348 g/mol. The standard InChI is InChI=1S/C20H32N2O3/c1-3-4-8-15-24-19-11-9-18(10-12-19)21-20(23)25-17(2)16-22-13-6-5-7-14-22/h9-12,17H,3-8,13-16H2,1-2H3,(H,21,23). The molecular formula is C20H32N2O3. The highest BCUT2D eigenvalue weighted by Gasteiger charge is 2.16. The Morgan fingerprint density at radius 2 is 1.88 bits per heavy atom. The smallest absolute Gasteiger partial charge is 0.411 e. The Kier molecular flexibility index (Phi) is 8.60. The number of ether oxygens (including phenoxy) is 2. The zero-order valence-electron chi connectivity index (χ0n) is 15.6. The molecular weight excluding hydrogens is 316 g/mol. The summed E-state index contributed by atoms with van der Waals surface area (Å²) in [5.41, 5.74) is 0.719. The minimum Gasteiger partial charge on any atom is -0.494 e. The fourth-order valence-electron chi connectivity index (χ4n) is 3.05. The molecule has 1 aromatic rings. The van der Waals surface area contributed by atoms with Gasteiger partial charge in [0.1, 0.15) is 11.9 Å². The highest BCUT2D eigenvalue weighted by atomic mass is 16.6. The minimum atomic E-state index is -0.402. The molecule has 1 heterocycles. The van der Waals surface area contributed by atoms with Crippen molar-refractivity contribution < 1.29 is 14.3 Å². The predicted molar refractivity (Wildman–Crippen MR) is 101 cm³/mol. The third-order valence-electron chi connectivity index (χ3n) is 4.39. The molecule has 1 aliphatic rings. The summed E-state index contributed by atoms with van der Waals surface area (Å²) in [6.07, 6.45) is 6.71. The molecule has 0 bridgehead atoms. The highest BCUT2D eigenvalue weighted by molar-refractivity contribution is 5.84. The van der Waals surface area contributed by atoms with E-state index in [4.69, 9.17) is 9.47 Å². The van der Waals surface area contributed by atoms with Crippen molar-refractivity contribution in [2.24, 2.45) is 0 Å². The van der Waals surface area contributed by atoms with E-state index in [1.807, 2.05) is 31.2 Å². The summed E-state index contributed by atoms with van der Waals surface area (Å²) >= 11 is 0. The maximum absolute atomic E-state index is 12.0. The number of nitrogens with zero attached hydrogens (tertiary/aromatic N) is 1. The lowest BCUT2D eigenvalue weighted by atomic mass is 10.1. The number of benzene rings is 1. The van der Waals surface area contributed by atoms with Crippen molar-refractivity contribution in [3.63, 3.8) is 0 Å². The number of piperidine rings is 1. The SMILES string of the molecule is CCCCCOc1ccc(NC(=O)OC(C)CN2CCCCC2)cc1. The van der Waals surface area contributed by atoms with E-state index in [1.54, 1.807) is 0 Å². The number of nitrogens with one attached hydrogen (secondary N) is 1. The van der Waals surface area contributed by atoms with Gasteiger partial charge in [-0.1, -0.05) is 26.2 Å². The lowest BCUT2D eigenvalue weighted by Gasteiger charge is -2.28. The van der Waals surface area contributed by atoms with Crippen LogP contribution in [-0.4, -0.2) is 43.3 Å². The topological polar surface area (TPSA) is 50.8 Å². The number of carbonyl (C=O) groups excluding carboxylic acids is 1. The van der Waals surface area contributed by atoms with Crippen LogP contribution in [0.4, 0.5) is 10.5 Å². The van der Waals surface area contributed by atoms with Crippen LogP contribution < -0.4 is 10.1 Å². The van der Waals surface area contributed by atoms with E-state index in [2.05, 4.69) is 17.1 Å². The van der Waals surface area contributed by atoms with Gasteiger partial charge in [-0.05, 0) is 63.5 Å². The molecule has 1 N–H and O–H groups in total. The maximum atomic E-state index is 12.0. The van der Waals surface area contributed by atoms with Crippen LogP contribution in [0.5, 0.6) is 5.75 Å². The zero-order valence-corrected chi connectivity index (χ0v) is 15.6. The van der Waals surface area contributed by atoms with E-state index in [0.29, 0.717) is 0 Å². The Morgan fingerprint density at radius 1 is 1.16 bits per heavy atom. The summed E-state index contributed by atoms with van der Waals surface area (Å²) in [5, 5.41) is 2.78. The van der Waals surface area contributed by atoms with E-state index in [1.165, 1.54) is 32.1 Å². The Hall–Kier alpha value is -1.75. The van der Waals surface area contributed by atoms with Crippen molar-refractivity contribution in [1.29, 1.82) is 0 Å². The van der Waals surface area contributed by atoms with Gasteiger partial charge in [0.2, 0.25) is 0 Å². The lowest BCUT2D eigenvalue weighted by molar-refractivity contribution is 0.0833. The van der Waals surface area contributed by atoms with Crippen LogP contribution in [0, 0.1) is 0 Å². The highest BCUT2D eigenvalue weighted by Crippen LogP contribution is 2.17. The molecule has 5 heteroatoms. The second-order valence-electron chi connectivity index (χ2n) is 6.78. The third-order valence-corrected chi connectivity index (χ3v) is 4.39. The van der Waals surface area contributed by atoms with Crippen LogP contribution in [0.3, 0.4) is 0 Å². The average Bonchev–Trinajstić information content (AvgIpc) is 2.61. The first-order valence-corrected chi connectivity index (χ1v) is 9.60. The van der Waals surface area contributed by atoms with Crippen molar-refractivity contribution in [2.75, 3.05) is 31.6 Å². The van der Waals surface area contributed by atoms with Gasteiger partial charge in [-0.25, -0.2) is 4.79 Å². The van der Waals surface area contributed by atoms with Crippen LogP contribution >= 0.6 is 0 Å². The second-order valence-corrected chi connectivity index (χ2v) is 6.78. The van der Waals surface area contributed by atoms with Gasteiger partial charge in [-0.15, -0.1) is 0 Å². The molecule has 0 aromatic heterocycles. The number of amides is 1. The molecule has 2 rings (SSSR count). The van der Waals surface area contributed by atoms with Gasteiger partial charge in [-0.3, -0.25) is 10.2 Å². The van der Waals surface area contributed by atoms with Gasteiger partial charge in [0.25, 0.3) is 0 Å². The number of carbonyl (C=O) groups is 1. The quantitative estimate of drug-likeness (QED) is 0.658. The summed E-state index contributed by atoms with van der Waals surface area (Å²) in [7, 11) is 0. The van der Waals surface area contributed by atoms with Crippen LogP contribution in [0.15, 0.2) is 24.3 Å². The van der Waals surface area contributed by atoms with Gasteiger partial charge in [0.05, 0.1) is 6.61 Å². The maximum Gasteiger partial charge on any atom is 0.411 e. The Labute approximate surface area is 151 Å². The number of likely N-dealkylation sites (tertiary alicyclic amines) is 1. The fraction of sp³-hybridized carbons (Fsp3) is 0.650. The third kappa shape index (κ3) is 7.78. The van der Waals surface area contributed by atoms with Gasteiger partial charge in [-0.2, -0.15) is 0 Å². The summed E-state index contributed by atoms with van der Waals surface area (Å²) in [4.78, 5) is 14.4. The van der Waals surface area contributed by atoms with Crippen molar-refractivity contribution in [3.05, 3.63) is 24.3 Å². The van der Waals surface area contributed by atoms with Gasteiger partial charge >= 0.3 is 6.09 Å². The minimum absolute atomic E-state index is 0.112. The Balaban J connectivity index is 1.68. The molecule has 25 heavy (non-hydrogen) atoms. The summed E-state index contributed by atoms with van der Waals surface area (Å²) in [6, 6.07) is 7.43. The van der Waals surface area contributed by atoms with Crippen molar-refractivity contribution >= 4 is 11.8 Å². The van der Waals surface area contributed by atoms with Crippen LogP contribution in [0.1, 0.15) is 52.4 Å². The van der Waals surface area contributed by atoms with Crippen molar-refractivity contribution in [1.82, 2.24) is 4.90 Å². The van der Waals surface area contributed by atoms with Crippen molar-refractivity contribution in [2.45, 2.75) is 58.5 Å². The molecule has 1 fully saturated rings. The van der Waals surface area contributed by atoms with Gasteiger partial charge < -0.3 is 9.47 Å². The number of hydrogen-bond acceptors (Lipinski definition) is 4.